The second kappa shape index (κ2) is 10.2. The third-order valence-corrected chi connectivity index (χ3v) is 6.53. The van der Waals surface area contributed by atoms with Crippen LogP contribution in [0.1, 0.15) is 5.56 Å². The topological polar surface area (TPSA) is 64.5 Å². The summed E-state index contributed by atoms with van der Waals surface area (Å²) in [7, 11) is -1.03. The van der Waals surface area contributed by atoms with Gasteiger partial charge in [0, 0.05) is 49.9 Å². The van der Waals surface area contributed by atoms with Crippen molar-refractivity contribution < 1.29 is 13.7 Å². The first kappa shape index (κ1) is 22.3. The lowest BCUT2D eigenvalue weighted by Gasteiger charge is -2.38. The molecular formula is C27H25N3O3S. The molecule has 2 aromatic heterocycles. The van der Waals surface area contributed by atoms with Crippen molar-refractivity contribution in [2.24, 2.45) is 0 Å². The minimum absolute atomic E-state index is 0.135. The molecular weight excluding hydrogens is 446 g/mol. The zero-order valence-electron chi connectivity index (χ0n) is 18.8. The van der Waals surface area contributed by atoms with E-state index in [9.17, 15) is 4.21 Å². The Balaban J connectivity index is 1.09. The van der Waals surface area contributed by atoms with E-state index in [0.717, 1.165) is 42.4 Å². The standard InChI is InChI=1S/C27H25N3O3S/c1-34(31)25-12-13-26(28-16-25)21-9-14-27(29-15-21)33-24-18-30(19-24)17-20-7-10-23(11-8-20)32-22-5-3-2-4-6-22/h2-16,24H,17-19H2,1H3. The number of benzene rings is 2. The molecule has 0 bridgehead atoms. The summed E-state index contributed by atoms with van der Waals surface area (Å²) in [4.78, 5) is 11.9. The predicted molar refractivity (Wildman–Crippen MR) is 132 cm³/mol. The molecule has 0 aliphatic carbocycles. The summed E-state index contributed by atoms with van der Waals surface area (Å²) in [6.45, 7) is 2.60. The van der Waals surface area contributed by atoms with Crippen LogP contribution in [0, 0.1) is 0 Å². The van der Waals surface area contributed by atoms with Crippen molar-refractivity contribution in [1.82, 2.24) is 14.9 Å². The number of likely N-dealkylation sites (tertiary alicyclic amines) is 1. The Labute approximate surface area is 201 Å². The molecule has 0 N–H and O–H groups in total. The highest BCUT2D eigenvalue weighted by Gasteiger charge is 2.28. The molecule has 1 aliphatic heterocycles. The molecule has 7 heteroatoms. The molecule has 0 saturated carbocycles. The number of aromatic nitrogens is 2. The molecule has 1 saturated heterocycles. The Morgan fingerprint density at radius 3 is 2.29 bits per heavy atom. The van der Waals surface area contributed by atoms with Crippen molar-refractivity contribution in [3.63, 3.8) is 0 Å². The first-order valence-corrected chi connectivity index (χ1v) is 12.6. The molecule has 1 aliphatic rings. The van der Waals surface area contributed by atoms with Gasteiger partial charge < -0.3 is 9.47 Å². The van der Waals surface area contributed by atoms with Gasteiger partial charge >= 0.3 is 0 Å². The zero-order chi connectivity index (χ0) is 23.3. The summed E-state index contributed by atoms with van der Waals surface area (Å²) in [6, 6.07) is 25.5. The van der Waals surface area contributed by atoms with Crippen molar-refractivity contribution in [1.29, 1.82) is 0 Å². The third-order valence-electron chi connectivity index (χ3n) is 5.62. The van der Waals surface area contributed by atoms with Gasteiger partial charge in [-0.3, -0.25) is 14.1 Å². The highest BCUT2D eigenvalue weighted by Crippen LogP contribution is 2.24. The van der Waals surface area contributed by atoms with Gasteiger partial charge in [0.05, 0.1) is 21.4 Å². The van der Waals surface area contributed by atoms with Crippen molar-refractivity contribution in [3.8, 4) is 28.6 Å². The normalized spacial score (nSPS) is 14.9. The number of pyridine rings is 2. The summed E-state index contributed by atoms with van der Waals surface area (Å²) in [6.07, 6.45) is 5.18. The Bertz CT molecular complexity index is 1240. The van der Waals surface area contributed by atoms with E-state index in [1.54, 1.807) is 18.6 Å². The average molecular weight is 472 g/mol. The van der Waals surface area contributed by atoms with Gasteiger partial charge in [0.2, 0.25) is 5.88 Å². The van der Waals surface area contributed by atoms with Crippen LogP contribution in [0.2, 0.25) is 0 Å². The van der Waals surface area contributed by atoms with E-state index in [2.05, 4.69) is 27.0 Å². The highest BCUT2D eigenvalue weighted by molar-refractivity contribution is 7.84. The van der Waals surface area contributed by atoms with Crippen LogP contribution in [0.3, 0.4) is 0 Å². The molecule has 0 radical (unpaired) electrons. The zero-order valence-corrected chi connectivity index (χ0v) is 19.7. The highest BCUT2D eigenvalue weighted by atomic mass is 32.2. The molecule has 1 fully saturated rings. The van der Waals surface area contributed by atoms with Gasteiger partial charge in [0.1, 0.15) is 17.6 Å². The second-order valence-corrected chi connectivity index (χ2v) is 9.59. The van der Waals surface area contributed by atoms with Crippen LogP contribution in [0.5, 0.6) is 17.4 Å². The maximum absolute atomic E-state index is 11.5. The lowest BCUT2D eigenvalue weighted by molar-refractivity contribution is 0.0118. The molecule has 172 valence electrons. The van der Waals surface area contributed by atoms with Gasteiger partial charge in [0.25, 0.3) is 0 Å². The summed E-state index contributed by atoms with van der Waals surface area (Å²) in [5, 5.41) is 0. The summed E-state index contributed by atoms with van der Waals surface area (Å²) in [5.74, 6) is 2.28. The van der Waals surface area contributed by atoms with E-state index in [0.29, 0.717) is 10.8 Å². The molecule has 1 atom stereocenters. The van der Waals surface area contributed by atoms with Crippen LogP contribution in [0.4, 0.5) is 0 Å². The largest absolute Gasteiger partial charge is 0.472 e. The fraction of sp³-hybridized carbons (Fsp3) is 0.185. The summed E-state index contributed by atoms with van der Waals surface area (Å²) < 4.78 is 23.4. The molecule has 3 heterocycles. The monoisotopic (exact) mass is 471 g/mol. The molecule has 0 spiro atoms. The van der Waals surface area contributed by atoms with Crippen LogP contribution in [-0.4, -0.2) is 44.5 Å². The quantitative estimate of drug-likeness (QED) is 0.363. The SMILES string of the molecule is CS(=O)c1ccc(-c2ccc(OC3CN(Cc4ccc(Oc5ccccc5)cc4)C3)nc2)nc1. The second-order valence-electron chi connectivity index (χ2n) is 8.21. The number of hydrogen-bond acceptors (Lipinski definition) is 6. The van der Waals surface area contributed by atoms with E-state index in [1.807, 2.05) is 66.7 Å². The predicted octanol–water partition coefficient (Wildman–Crippen LogP) is 4.94. The van der Waals surface area contributed by atoms with Crippen molar-refractivity contribution in [3.05, 3.63) is 96.8 Å². The number of rotatable bonds is 8. The maximum Gasteiger partial charge on any atom is 0.213 e. The molecule has 4 aromatic rings. The number of ether oxygens (including phenoxy) is 2. The molecule has 1 unspecified atom stereocenters. The van der Waals surface area contributed by atoms with Crippen molar-refractivity contribution in [2.75, 3.05) is 19.3 Å². The molecule has 6 nitrogen and oxygen atoms in total. The van der Waals surface area contributed by atoms with Crippen molar-refractivity contribution >= 4 is 10.8 Å². The van der Waals surface area contributed by atoms with Crippen LogP contribution in [-0.2, 0) is 17.3 Å². The Kier molecular flexibility index (Phi) is 6.65. The van der Waals surface area contributed by atoms with E-state index in [4.69, 9.17) is 9.47 Å². The lowest BCUT2D eigenvalue weighted by Crippen LogP contribution is -2.53. The Morgan fingerprint density at radius 2 is 1.65 bits per heavy atom. The number of hydrogen-bond donors (Lipinski definition) is 0. The number of nitrogens with zero attached hydrogens (tertiary/aromatic N) is 3. The van der Waals surface area contributed by atoms with Crippen LogP contribution < -0.4 is 9.47 Å². The van der Waals surface area contributed by atoms with Gasteiger partial charge in [-0.2, -0.15) is 0 Å². The minimum atomic E-state index is -1.03. The Morgan fingerprint density at radius 1 is 0.882 bits per heavy atom. The minimum Gasteiger partial charge on any atom is -0.472 e. The van der Waals surface area contributed by atoms with E-state index in [-0.39, 0.29) is 6.10 Å². The first-order chi connectivity index (χ1) is 16.6. The lowest BCUT2D eigenvalue weighted by atomic mass is 10.1. The van der Waals surface area contributed by atoms with Gasteiger partial charge in [-0.05, 0) is 48.0 Å². The fourth-order valence-electron chi connectivity index (χ4n) is 3.77. The average Bonchev–Trinajstić information content (AvgIpc) is 2.85. The van der Waals surface area contributed by atoms with E-state index in [1.165, 1.54) is 5.56 Å². The van der Waals surface area contributed by atoms with Crippen LogP contribution in [0.15, 0.2) is 96.2 Å². The first-order valence-electron chi connectivity index (χ1n) is 11.1. The van der Waals surface area contributed by atoms with Gasteiger partial charge in [-0.25, -0.2) is 4.98 Å². The summed E-state index contributed by atoms with van der Waals surface area (Å²) >= 11 is 0. The van der Waals surface area contributed by atoms with Gasteiger partial charge in [0.15, 0.2) is 0 Å². The molecule has 34 heavy (non-hydrogen) atoms. The van der Waals surface area contributed by atoms with Crippen molar-refractivity contribution in [2.45, 2.75) is 17.5 Å². The molecule has 0 amide bonds. The van der Waals surface area contributed by atoms with Crippen LogP contribution in [0.25, 0.3) is 11.3 Å². The molecule has 2 aromatic carbocycles. The van der Waals surface area contributed by atoms with Crippen LogP contribution >= 0.6 is 0 Å². The van der Waals surface area contributed by atoms with E-state index < -0.39 is 10.8 Å². The summed E-state index contributed by atoms with van der Waals surface area (Å²) in [5.41, 5.74) is 2.94. The number of para-hydroxylation sites is 1. The van der Waals surface area contributed by atoms with E-state index >= 15 is 0 Å². The smallest absolute Gasteiger partial charge is 0.213 e. The van der Waals surface area contributed by atoms with Gasteiger partial charge in [-0.15, -0.1) is 0 Å². The fourth-order valence-corrected chi connectivity index (χ4v) is 4.23. The molecule has 5 rings (SSSR count). The Hall–Kier alpha value is -3.55. The third kappa shape index (κ3) is 5.50. The maximum atomic E-state index is 11.5. The van der Waals surface area contributed by atoms with Gasteiger partial charge in [-0.1, -0.05) is 30.3 Å².